The summed E-state index contributed by atoms with van der Waals surface area (Å²) >= 11 is 0. The highest BCUT2D eigenvalue weighted by molar-refractivity contribution is 5.78. The van der Waals surface area contributed by atoms with Gasteiger partial charge in [-0.3, -0.25) is 4.79 Å². The fraction of sp³-hybridized carbons (Fsp3) is 0.364. The van der Waals surface area contributed by atoms with Gasteiger partial charge in [0.25, 0.3) is 0 Å². The summed E-state index contributed by atoms with van der Waals surface area (Å²) in [5.74, 6) is 1.66. The van der Waals surface area contributed by atoms with Gasteiger partial charge in [-0.05, 0) is 49.6 Å². The van der Waals surface area contributed by atoms with E-state index in [-0.39, 0.29) is 18.9 Å². The summed E-state index contributed by atoms with van der Waals surface area (Å²) < 4.78 is 17.2. The molecule has 0 saturated carbocycles. The Labute approximate surface area is 166 Å². The lowest BCUT2D eigenvalue weighted by atomic mass is 10.1. The minimum Gasteiger partial charge on any atom is -0.493 e. The predicted octanol–water partition coefficient (Wildman–Crippen LogP) is 3.61. The van der Waals surface area contributed by atoms with Gasteiger partial charge in [0.2, 0.25) is 5.91 Å². The van der Waals surface area contributed by atoms with Gasteiger partial charge < -0.3 is 19.5 Å². The van der Waals surface area contributed by atoms with Crippen LogP contribution in [0.5, 0.6) is 17.2 Å². The first-order valence-electron chi connectivity index (χ1n) is 9.09. The molecule has 0 aliphatic heterocycles. The minimum absolute atomic E-state index is 0.177. The fourth-order valence-corrected chi connectivity index (χ4v) is 2.80. The van der Waals surface area contributed by atoms with Gasteiger partial charge in [-0.2, -0.15) is 5.26 Å². The molecule has 1 amide bonds. The quantitative estimate of drug-likeness (QED) is 0.670. The number of nitriles is 1. The number of hydrogen-bond donors (Lipinski definition) is 1. The Morgan fingerprint density at radius 3 is 2.57 bits per heavy atom. The van der Waals surface area contributed by atoms with E-state index in [2.05, 4.69) is 18.3 Å². The van der Waals surface area contributed by atoms with Gasteiger partial charge in [0.05, 0.1) is 13.2 Å². The molecule has 0 saturated heterocycles. The molecule has 6 nitrogen and oxygen atoms in total. The van der Waals surface area contributed by atoms with E-state index in [4.69, 9.17) is 19.5 Å². The number of rotatable bonds is 9. The zero-order valence-corrected chi connectivity index (χ0v) is 16.8. The van der Waals surface area contributed by atoms with Gasteiger partial charge in [0, 0.05) is 12.1 Å². The monoisotopic (exact) mass is 382 g/mol. The number of nitrogens with zero attached hydrogens (tertiary/aromatic N) is 1. The fourth-order valence-electron chi connectivity index (χ4n) is 2.80. The molecule has 6 heteroatoms. The van der Waals surface area contributed by atoms with Crippen LogP contribution < -0.4 is 19.5 Å². The SMILES string of the molecule is COc1cccc(CNC(=O)CC#N)c1OCCOc1cc(C)cc(C)c1C. The van der Waals surface area contributed by atoms with E-state index in [1.54, 1.807) is 13.2 Å². The van der Waals surface area contributed by atoms with Crippen LogP contribution in [0, 0.1) is 32.1 Å². The van der Waals surface area contributed by atoms with E-state index in [0.717, 1.165) is 22.4 Å². The number of methoxy groups -OCH3 is 1. The highest BCUT2D eigenvalue weighted by Gasteiger charge is 2.12. The first-order valence-corrected chi connectivity index (χ1v) is 9.09. The number of ether oxygens (including phenoxy) is 3. The average Bonchev–Trinajstić information content (AvgIpc) is 2.67. The molecule has 1 N–H and O–H groups in total. The smallest absolute Gasteiger partial charge is 0.234 e. The van der Waals surface area contributed by atoms with Crippen molar-refractivity contribution in [1.29, 1.82) is 5.26 Å². The van der Waals surface area contributed by atoms with Gasteiger partial charge in [-0.25, -0.2) is 0 Å². The van der Waals surface area contributed by atoms with Gasteiger partial charge in [-0.15, -0.1) is 0 Å². The Morgan fingerprint density at radius 2 is 1.86 bits per heavy atom. The summed E-state index contributed by atoms with van der Waals surface area (Å²) in [7, 11) is 1.57. The molecule has 2 aromatic carbocycles. The second kappa shape index (κ2) is 10.2. The van der Waals surface area contributed by atoms with Gasteiger partial charge in [-0.1, -0.05) is 18.2 Å². The Morgan fingerprint density at radius 1 is 1.11 bits per heavy atom. The maximum absolute atomic E-state index is 11.6. The molecule has 0 aromatic heterocycles. The molecular weight excluding hydrogens is 356 g/mol. The van der Waals surface area contributed by atoms with Crippen molar-refractivity contribution in [3.05, 3.63) is 52.6 Å². The topological polar surface area (TPSA) is 80.6 Å². The second-order valence-corrected chi connectivity index (χ2v) is 6.46. The summed E-state index contributed by atoms with van der Waals surface area (Å²) in [6.07, 6.45) is -0.177. The van der Waals surface area contributed by atoms with Crippen molar-refractivity contribution in [1.82, 2.24) is 5.32 Å². The molecule has 0 heterocycles. The maximum Gasteiger partial charge on any atom is 0.234 e. The van der Waals surface area contributed by atoms with Crippen molar-refractivity contribution in [2.45, 2.75) is 33.7 Å². The lowest BCUT2D eigenvalue weighted by molar-refractivity contribution is -0.120. The first-order chi connectivity index (χ1) is 13.5. The van der Waals surface area contributed by atoms with Gasteiger partial charge in [0.1, 0.15) is 25.4 Å². The van der Waals surface area contributed by atoms with Crippen molar-refractivity contribution in [2.24, 2.45) is 0 Å². The van der Waals surface area contributed by atoms with Crippen LogP contribution >= 0.6 is 0 Å². The summed E-state index contributed by atoms with van der Waals surface area (Å²) in [5, 5.41) is 11.3. The molecule has 2 rings (SSSR count). The molecule has 0 unspecified atom stereocenters. The molecular formula is C22H26N2O4. The number of aryl methyl sites for hydroxylation is 2. The van der Waals surface area contributed by atoms with Gasteiger partial charge >= 0.3 is 0 Å². The number of hydrogen-bond acceptors (Lipinski definition) is 5. The third-order valence-electron chi connectivity index (χ3n) is 4.35. The molecule has 148 valence electrons. The molecule has 0 atom stereocenters. The normalized spacial score (nSPS) is 10.1. The maximum atomic E-state index is 11.6. The molecule has 2 aromatic rings. The van der Waals surface area contributed by atoms with E-state index < -0.39 is 0 Å². The largest absolute Gasteiger partial charge is 0.493 e. The molecule has 0 radical (unpaired) electrons. The zero-order valence-electron chi connectivity index (χ0n) is 16.8. The number of carbonyl (C=O) groups is 1. The second-order valence-electron chi connectivity index (χ2n) is 6.46. The Bertz CT molecular complexity index is 872. The van der Waals surface area contributed by atoms with Gasteiger partial charge in [0.15, 0.2) is 11.5 Å². The first kappa shape index (κ1) is 21.1. The lowest BCUT2D eigenvalue weighted by Gasteiger charge is -2.16. The number of amides is 1. The van der Waals surface area contributed by atoms with Crippen molar-refractivity contribution >= 4 is 5.91 Å². The number of benzene rings is 2. The van der Waals surface area contributed by atoms with Crippen molar-refractivity contribution in [2.75, 3.05) is 20.3 Å². The van der Waals surface area contributed by atoms with Crippen molar-refractivity contribution < 1.29 is 19.0 Å². The Kier molecular flexibility index (Phi) is 7.70. The molecule has 0 bridgehead atoms. The van der Waals surface area contributed by atoms with Crippen molar-refractivity contribution in [3.8, 4) is 23.3 Å². The number of nitrogens with one attached hydrogen (secondary N) is 1. The average molecular weight is 382 g/mol. The van der Waals surface area contributed by atoms with Crippen LogP contribution in [0.4, 0.5) is 0 Å². The summed E-state index contributed by atoms with van der Waals surface area (Å²) in [5.41, 5.74) is 4.23. The van der Waals surface area contributed by atoms with Crippen LogP contribution in [0.1, 0.15) is 28.7 Å². The van der Waals surface area contributed by atoms with Crippen molar-refractivity contribution in [3.63, 3.8) is 0 Å². The van der Waals surface area contributed by atoms with E-state index in [9.17, 15) is 4.79 Å². The number of para-hydroxylation sites is 1. The molecule has 0 spiro atoms. The Hall–Kier alpha value is -3.20. The zero-order chi connectivity index (χ0) is 20.5. The summed E-state index contributed by atoms with van der Waals surface area (Å²) in [6.45, 7) is 7.09. The Balaban J connectivity index is 2.01. The highest BCUT2D eigenvalue weighted by Crippen LogP contribution is 2.31. The van der Waals surface area contributed by atoms with Crippen LogP contribution in [0.15, 0.2) is 30.3 Å². The third kappa shape index (κ3) is 5.65. The van der Waals surface area contributed by atoms with Crippen LogP contribution in [-0.2, 0) is 11.3 Å². The minimum atomic E-state index is -0.329. The summed E-state index contributed by atoms with van der Waals surface area (Å²) in [4.78, 5) is 11.6. The van der Waals surface area contributed by atoms with E-state index >= 15 is 0 Å². The van der Waals surface area contributed by atoms with Crippen LogP contribution in [0.3, 0.4) is 0 Å². The predicted molar refractivity (Wildman–Crippen MR) is 107 cm³/mol. The van der Waals surface area contributed by atoms with Crippen LogP contribution in [0.2, 0.25) is 0 Å². The third-order valence-corrected chi connectivity index (χ3v) is 4.35. The van der Waals surface area contributed by atoms with E-state index in [1.807, 2.05) is 38.1 Å². The molecule has 0 fully saturated rings. The van der Waals surface area contributed by atoms with Crippen LogP contribution in [-0.4, -0.2) is 26.2 Å². The van der Waals surface area contributed by atoms with Crippen LogP contribution in [0.25, 0.3) is 0 Å². The highest BCUT2D eigenvalue weighted by atomic mass is 16.5. The molecule has 0 aliphatic carbocycles. The summed E-state index contributed by atoms with van der Waals surface area (Å²) in [6, 6.07) is 11.4. The van der Waals surface area contributed by atoms with E-state index in [1.165, 1.54) is 5.56 Å². The molecule has 28 heavy (non-hydrogen) atoms. The lowest BCUT2D eigenvalue weighted by Crippen LogP contribution is -2.22. The number of carbonyl (C=O) groups excluding carboxylic acids is 1. The standard InChI is InChI=1S/C22H26N2O4/c1-15-12-16(2)17(3)20(13-15)27-10-11-28-22-18(6-5-7-19(22)26-4)14-24-21(25)8-9-23/h5-7,12-13H,8,10-11,14H2,1-4H3,(H,24,25). The molecule has 0 aliphatic rings. The van der Waals surface area contributed by atoms with E-state index in [0.29, 0.717) is 24.7 Å².